The number of sulfonamides is 1. The molecule has 4 aromatic rings. The molecule has 5 rings (SSSR count). The first kappa shape index (κ1) is 25.1. The van der Waals surface area contributed by atoms with Crippen LogP contribution < -0.4 is 10.9 Å². The van der Waals surface area contributed by atoms with Crippen LogP contribution in [0.2, 0.25) is 5.02 Å². The number of aliphatic hydroxyl groups excluding tert-OH is 1. The SMILES string of the molecule is CC(O)(CO)c1ccnc(-c2cccc3cc(C(c4cc(N)ccc4Cl)C4(S(N)(=O)=O)CC4)sc23)c1. The minimum atomic E-state index is -3.90. The highest BCUT2D eigenvalue weighted by Crippen LogP contribution is 2.58. The fourth-order valence-corrected chi connectivity index (χ4v) is 7.75. The summed E-state index contributed by atoms with van der Waals surface area (Å²) in [5, 5.41) is 27.3. The molecular weight excluding hydrogens is 518 g/mol. The average molecular weight is 544 g/mol. The molecule has 2 atom stereocenters. The number of rotatable bonds is 7. The van der Waals surface area contributed by atoms with Crippen molar-refractivity contribution in [3.05, 3.63) is 81.8 Å². The Bertz CT molecular complexity index is 1580. The third kappa shape index (κ3) is 4.19. The van der Waals surface area contributed by atoms with Crippen LogP contribution in [-0.4, -0.2) is 35.0 Å². The Hall–Kier alpha value is -2.53. The van der Waals surface area contributed by atoms with Gasteiger partial charge in [0.2, 0.25) is 10.0 Å². The van der Waals surface area contributed by atoms with E-state index < -0.39 is 32.9 Å². The molecule has 2 aromatic carbocycles. The minimum absolute atomic E-state index is 0.428. The van der Waals surface area contributed by atoms with Crippen LogP contribution in [0, 0.1) is 0 Å². The van der Waals surface area contributed by atoms with Gasteiger partial charge in [-0.05, 0) is 72.7 Å². The van der Waals surface area contributed by atoms with Crippen LogP contribution >= 0.6 is 22.9 Å². The number of anilines is 1. The molecule has 0 aliphatic heterocycles. The van der Waals surface area contributed by atoms with E-state index in [9.17, 15) is 18.6 Å². The van der Waals surface area contributed by atoms with Gasteiger partial charge in [-0.1, -0.05) is 29.8 Å². The number of nitrogens with zero attached hydrogens (tertiary/aromatic N) is 1. The summed E-state index contributed by atoms with van der Waals surface area (Å²) in [4.78, 5) is 5.32. The summed E-state index contributed by atoms with van der Waals surface area (Å²) >= 11 is 8.05. The lowest BCUT2D eigenvalue weighted by Crippen LogP contribution is -2.36. The maximum atomic E-state index is 12.8. The standard InChI is InChI=1S/C26H26ClN3O4S2/c1-25(32,14-31)16-7-10-30-21(12-16)18-4-2-3-15-11-22(35-24(15)18)23(26(8-9-26)36(29,33)34)19-13-17(28)5-6-20(19)27/h2-7,10-13,23,31-32H,8-9,14,28H2,1H3,(H2,29,33,34). The maximum absolute atomic E-state index is 12.8. The zero-order chi connectivity index (χ0) is 25.9. The van der Waals surface area contributed by atoms with Crippen molar-refractivity contribution < 1.29 is 18.6 Å². The van der Waals surface area contributed by atoms with Crippen LogP contribution in [0.3, 0.4) is 0 Å². The van der Waals surface area contributed by atoms with Crippen LogP contribution in [0.25, 0.3) is 21.3 Å². The van der Waals surface area contributed by atoms with Gasteiger partial charge >= 0.3 is 0 Å². The van der Waals surface area contributed by atoms with E-state index in [1.165, 1.54) is 18.3 Å². The number of primary sulfonamides is 1. The number of fused-ring (bicyclic) bond motifs is 1. The number of hydrogen-bond acceptors (Lipinski definition) is 7. The van der Waals surface area contributed by atoms with E-state index >= 15 is 0 Å². The molecule has 7 nitrogen and oxygen atoms in total. The topological polar surface area (TPSA) is 140 Å². The summed E-state index contributed by atoms with van der Waals surface area (Å²) in [6.45, 7) is 1.11. The van der Waals surface area contributed by atoms with Gasteiger partial charge < -0.3 is 15.9 Å². The van der Waals surface area contributed by atoms with Crippen LogP contribution in [0.1, 0.15) is 41.7 Å². The van der Waals surface area contributed by atoms with Crippen LogP contribution in [0.4, 0.5) is 5.69 Å². The summed E-state index contributed by atoms with van der Waals surface area (Å²) < 4.78 is 25.4. The molecule has 1 aliphatic carbocycles. The number of nitrogens with two attached hydrogens (primary N) is 2. The van der Waals surface area contributed by atoms with Gasteiger partial charge in [-0.3, -0.25) is 4.98 Å². The van der Waals surface area contributed by atoms with Crippen molar-refractivity contribution >= 4 is 48.7 Å². The molecule has 2 aromatic heterocycles. The fourth-order valence-electron chi connectivity index (χ4n) is 4.77. The van der Waals surface area contributed by atoms with Crippen molar-refractivity contribution in [2.75, 3.05) is 12.3 Å². The molecule has 10 heteroatoms. The predicted octanol–water partition coefficient (Wildman–Crippen LogP) is 4.35. The second-order valence-electron chi connectivity index (χ2n) is 9.56. The van der Waals surface area contributed by atoms with E-state index in [2.05, 4.69) is 4.98 Å². The van der Waals surface area contributed by atoms with E-state index in [1.54, 1.807) is 36.5 Å². The molecular formula is C26H26ClN3O4S2. The van der Waals surface area contributed by atoms with E-state index in [0.29, 0.717) is 40.4 Å². The van der Waals surface area contributed by atoms with Gasteiger partial charge in [0.05, 0.1) is 17.0 Å². The number of nitrogen functional groups attached to an aromatic ring is 1. The molecule has 36 heavy (non-hydrogen) atoms. The molecule has 0 bridgehead atoms. The lowest BCUT2D eigenvalue weighted by molar-refractivity contribution is -0.00230. The van der Waals surface area contributed by atoms with Crippen molar-refractivity contribution in [1.29, 1.82) is 0 Å². The van der Waals surface area contributed by atoms with Gasteiger partial charge in [-0.25, -0.2) is 13.6 Å². The molecule has 0 radical (unpaired) electrons. The van der Waals surface area contributed by atoms with Gasteiger partial charge in [-0.15, -0.1) is 11.3 Å². The Morgan fingerprint density at radius 2 is 1.94 bits per heavy atom. The number of halogens is 1. The highest BCUT2D eigenvalue weighted by Gasteiger charge is 2.60. The second-order valence-corrected chi connectivity index (χ2v) is 13.0. The van der Waals surface area contributed by atoms with Gasteiger partial charge in [0.15, 0.2) is 0 Å². The maximum Gasteiger partial charge on any atom is 0.215 e. The van der Waals surface area contributed by atoms with Gasteiger partial charge in [0.25, 0.3) is 0 Å². The van der Waals surface area contributed by atoms with E-state index in [0.717, 1.165) is 20.5 Å². The highest BCUT2D eigenvalue weighted by atomic mass is 35.5. The zero-order valence-corrected chi connectivity index (χ0v) is 21.9. The summed E-state index contributed by atoms with van der Waals surface area (Å²) in [5.41, 5.74) is 7.79. The summed E-state index contributed by atoms with van der Waals surface area (Å²) in [7, 11) is -3.90. The Balaban J connectivity index is 1.71. The summed E-state index contributed by atoms with van der Waals surface area (Å²) in [5.74, 6) is -0.580. The number of pyridine rings is 1. The largest absolute Gasteiger partial charge is 0.399 e. The second kappa shape index (κ2) is 8.79. The van der Waals surface area contributed by atoms with Gasteiger partial charge in [0, 0.05) is 38.0 Å². The lowest BCUT2D eigenvalue weighted by Gasteiger charge is -2.26. The summed E-state index contributed by atoms with van der Waals surface area (Å²) in [6, 6.07) is 16.3. The fraction of sp³-hybridized carbons (Fsp3) is 0.269. The smallest absolute Gasteiger partial charge is 0.215 e. The first-order valence-electron chi connectivity index (χ1n) is 11.4. The van der Waals surface area contributed by atoms with E-state index in [-0.39, 0.29) is 0 Å². The van der Waals surface area contributed by atoms with Crippen molar-refractivity contribution in [2.24, 2.45) is 5.14 Å². The van der Waals surface area contributed by atoms with Gasteiger partial charge in [0.1, 0.15) is 5.60 Å². The molecule has 0 amide bonds. The Labute approximate surface area is 218 Å². The molecule has 2 heterocycles. The van der Waals surface area contributed by atoms with Crippen molar-refractivity contribution in [3.8, 4) is 11.3 Å². The van der Waals surface area contributed by atoms with E-state index in [4.69, 9.17) is 22.5 Å². The average Bonchev–Trinajstić information content (AvgIpc) is 3.54. The Morgan fingerprint density at radius 1 is 1.19 bits per heavy atom. The molecule has 0 spiro atoms. The normalized spacial score (nSPS) is 17.6. The van der Waals surface area contributed by atoms with Gasteiger partial charge in [-0.2, -0.15) is 0 Å². The number of thiophene rings is 1. The molecule has 1 saturated carbocycles. The quantitative estimate of drug-likeness (QED) is 0.255. The zero-order valence-electron chi connectivity index (χ0n) is 19.5. The van der Waals surface area contributed by atoms with Crippen LogP contribution in [-0.2, 0) is 15.6 Å². The minimum Gasteiger partial charge on any atom is -0.399 e. The Kier molecular flexibility index (Phi) is 6.14. The first-order valence-corrected chi connectivity index (χ1v) is 14.1. The first-order chi connectivity index (χ1) is 17.0. The third-order valence-corrected chi connectivity index (χ3v) is 10.4. The lowest BCUT2D eigenvalue weighted by atomic mass is 9.91. The van der Waals surface area contributed by atoms with Crippen molar-refractivity contribution in [2.45, 2.75) is 36.0 Å². The molecule has 0 saturated heterocycles. The van der Waals surface area contributed by atoms with Crippen LogP contribution in [0.15, 0.2) is 60.8 Å². The number of benzene rings is 2. The number of aliphatic hydroxyl groups is 2. The monoisotopic (exact) mass is 543 g/mol. The van der Waals surface area contributed by atoms with E-state index in [1.807, 2.05) is 24.3 Å². The molecule has 1 aliphatic rings. The highest BCUT2D eigenvalue weighted by molar-refractivity contribution is 7.91. The molecule has 188 valence electrons. The number of aromatic nitrogens is 1. The van der Waals surface area contributed by atoms with Crippen LogP contribution in [0.5, 0.6) is 0 Å². The van der Waals surface area contributed by atoms with Crippen molar-refractivity contribution in [3.63, 3.8) is 0 Å². The third-order valence-electron chi connectivity index (χ3n) is 6.98. The Morgan fingerprint density at radius 3 is 2.61 bits per heavy atom. The molecule has 2 unspecified atom stereocenters. The van der Waals surface area contributed by atoms with Crippen molar-refractivity contribution in [1.82, 2.24) is 4.98 Å². The number of hydrogen-bond donors (Lipinski definition) is 4. The summed E-state index contributed by atoms with van der Waals surface area (Å²) in [6.07, 6.45) is 2.46. The molecule has 1 fully saturated rings. The molecule has 6 N–H and O–H groups in total. The predicted molar refractivity (Wildman–Crippen MR) is 144 cm³/mol.